The van der Waals surface area contributed by atoms with E-state index in [0.717, 1.165) is 11.1 Å². The van der Waals surface area contributed by atoms with Crippen molar-refractivity contribution in [2.75, 3.05) is 4.72 Å². The highest BCUT2D eigenvalue weighted by molar-refractivity contribution is 7.92. The summed E-state index contributed by atoms with van der Waals surface area (Å²) in [5, 5.41) is 6.42. The van der Waals surface area contributed by atoms with Gasteiger partial charge < -0.3 is 9.84 Å². The van der Waals surface area contributed by atoms with Crippen molar-refractivity contribution >= 4 is 21.7 Å². The maximum absolute atomic E-state index is 12.5. The normalized spacial score (nSPS) is 11.2. The Balaban J connectivity index is 1.74. The summed E-state index contributed by atoms with van der Waals surface area (Å²) in [7, 11) is -3.88. The zero-order valence-corrected chi connectivity index (χ0v) is 15.7. The van der Waals surface area contributed by atoms with Crippen molar-refractivity contribution in [2.45, 2.75) is 25.3 Å². The molecule has 0 bridgehead atoms. The van der Waals surface area contributed by atoms with Crippen LogP contribution in [-0.2, 0) is 16.6 Å². The van der Waals surface area contributed by atoms with Crippen LogP contribution in [0.1, 0.15) is 27.2 Å². The quantitative estimate of drug-likeness (QED) is 0.679. The maximum atomic E-state index is 12.5. The van der Waals surface area contributed by atoms with Gasteiger partial charge in [-0.3, -0.25) is 9.52 Å². The van der Waals surface area contributed by atoms with Crippen LogP contribution in [-0.4, -0.2) is 19.5 Å². The Hall–Kier alpha value is -3.13. The Morgan fingerprint density at radius 3 is 2.56 bits per heavy atom. The second kappa shape index (κ2) is 7.63. The lowest BCUT2D eigenvalue weighted by atomic mass is 10.1. The molecular formula is C19H19N3O4S. The largest absolute Gasteiger partial charge is 0.360 e. The Morgan fingerprint density at radius 1 is 1.07 bits per heavy atom. The van der Waals surface area contributed by atoms with Gasteiger partial charge in [-0.2, -0.15) is 0 Å². The van der Waals surface area contributed by atoms with Gasteiger partial charge in [0.25, 0.3) is 15.9 Å². The topological polar surface area (TPSA) is 101 Å². The molecule has 1 heterocycles. The first-order valence-corrected chi connectivity index (χ1v) is 9.72. The monoisotopic (exact) mass is 385 g/mol. The fourth-order valence-corrected chi connectivity index (χ4v) is 3.53. The fraction of sp³-hybridized carbons (Fsp3) is 0.158. The van der Waals surface area contributed by atoms with Crippen LogP contribution in [0.2, 0.25) is 0 Å². The highest BCUT2D eigenvalue weighted by Crippen LogP contribution is 2.17. The van der Waals surface area contributed by atoms with Crippen molar-refractivity contribution in [1.82, 2.24) is 10.5 Å². The highest BCUT2D eigenvalue weighted by Gasteiger charge is 2.18. The number of benzene rings is 2. The molecule has 8 heteroatoms. The van der Waals surface area contributed by atoms with Crippen molar-refractivity contribution in [3.8, 4) is 0 Å². The van der Waals surface area contributed by atoms with E-state index in [9.17, 15) is 13.2 Å². The molecule has 0 atom stereocenters. The maximum Gasteiger partial charge on any atom is 0.263 e. The van der Waals surface area contributed by atoms with Crippen LogP contribution in [0.15, 0.2) is 64.0 Å². The molecule has 3 rings (SSSR count). The number of nitrogens with zero attached hydrogens (tertiary/aromatic N) is 1. The molecule has 0 spiro atoms. The summed E-state index contributed by atoms with van der Waals surface area (Å²) < 4.78 is 32.1. The molecule has 3 aromatic rings. The summed E-state index contributed by atoms with van der Waals surface area (Å²) in [5.41, 5.74) is 2.32. The zero-order chi connectivity index (χ0) is 19.4. The van der Waals surface area contributed by atoms with E-state index in [2.05, 4.69) is 15.2 Å². The van der Waals surface area contributed by atoms with Gasteiger partial charge in [0.05, 0.1) is 4.90 Å². The molecule has 0 unspecified atom stereocenters. The van der Waals surface area contributed by atoms with Crippen LogP contribution in [0.5, 0.6) is 0 Å². The van der Waals surface area contributed by atoms with E-state index < -0.39 is 10.0 Å². The van der Waals surface area contributed by atoms with Crippen LogP contribution in [0.4, 0.5) is 5.82 Å². The number of hydrogen-bond donors (Lipinski definition) is 2. The third-order valence-electron chi connectivity index (χ3n) is 3.97. The molecule has 1 amide bonds. The zero-order valence-electron chi connectivity index (χ0n) is 14.9. The van der Waals surface area contributed by atoms with E-state index in [1.54, 1.807) is 13.0 Å². The standard InChI is InChI=1S/C19H19N3O4S/c1-13-6-3-4-7-16(13)12-20-19(23)15-8-5-9-17(11-15)27(24,25)22-18-10-14(2)26-21-18/h3-11H,12H2,1-2H3,(H,20,23)(H,21,22). The number of nitrogens with one attached hydrogen (secondary N) is 2. The lowest BCUT2D eigenvalue weighted by molar-refractivity contribution is 0.0950. The van der Waals surface area contributed by atoms with Crippen molar-refractivity contribution in [1.29, 1.82) is 0 Å². The first-order chi connectivity index (χ1) is 12.8. The molecule has 0 fully saturated rings. The third kappa shape index (κ3) is 4.53. The van der Waals surface area contributed by atoms with Gasteiger partial charge in [-0.25, -0.2) is 8.42 Å². The van der Waals surface area contributed by atoms with E-state index in [1.165, 1.54) is 24.3 Å². The summed E-state index contributed by atoms with van der Waals surface area (Å²) in [6.07, 6.45) is 0. The minimum Gasteiger partial charge on any atom is -0.360 e. The van der Waals surface area contributed by atoms with Gasteiger partial charge in [-0.1, -0.05) is 35.5 Å². The number of sulfonamides is 1. The average Bonchev–Trinajstić information content (AvgIpc) is 3.05. The number of carbonyl (C=O) groups excluding carboxylic acids is 1. The van der Waals surface area contributed by atoms with Crippen LogP contribution < -0.4 is 10.0 Å². The van der Waals surface area contributed by atoms with Gasteiger partial charge in [0, 0.05) is 18.2 Å². The summed E-state index contributed by atoms with van der Waals surface area (Å²) in [6, 6.07) is 15.0. The van der Waals surface area contributed by atoms with E-state index in [0.29, 0.717) is 12.3 Å². The molecule has 7 nitrogen and oxygen atoms in total. The van der Waals surface area contributed by atoms with Crippen molar-refractivity contribution in [3.05, 3.63) is 77.0 Å². The van der Waals surface area contributed by atoms with Gasteiger partial charge in [-0.15, -0.1) is 0 Å². The summed E-state index contributed by atoms with van der Waals surface area (Å²) in [5.74, 6) is 0.214. The van der Waals surface area contributed by atoms with Crippen LogP contribution in [0.3, 0.4) is 0 Å². The van der Waals surface area contributed by atoms with Gasteiger partial charge in [0.15, 0.2) is 5.82 Å². The smallest absolute Gasteiger partial charge is 0.263 e. The number of rotatable bonds is 6. The Labute approximate surface area is 157 Å². The summed E-state index contributed by atoms with van der Waals surface area (Å²) in [4.78, 5) is 12.4. The van der Waals surface area contributed by atoms with Gasteiger partial charge in [0.2, 0.25) is 0 Å². The lowest BCUT2D eigenvalue weighted by Crippen LogP contribution is -2.23. The molecule has 0 radical (unpaired) electrons. The first-order valence-electron chi connectivity index (χ1n) is 8.24. The van der Waals surface area contributed by atoms with Crippen molar-refractivity contribution in [2.24, 2.45) is 0 Å². The Morgan fingerprint density at radius 2 is 1.85 bits per heavy atom. The lowest BCUT2D eigenvalue weighted by Gasteiger charge is -2.09. The number of carbonyl (C=O) groups is 1. The second-order valence-electron chi connectivity index (χ2n) is 6.07. The number of aromatic nitrogens is 1. The van der Waals surface area contributed by atoms with E-state index >= 15 is 0 Å². The van der Waals surface area contributed by atoms with Crippen LogP contribution in [0.25, 0.3) is 0 Å². The van der Waals surface area contributed by atoms with Crippen LogP contribution in [0, 0.1) is 13.8 Å². The predicted molar refractivity (Wildman–Crippen MR) is 101 cm³/mol. The number of amides is 1. The highest BCUT2D eigenvalue weighted by atomic mass is 32.2. The number of anilines is 1. The SMILES string of the molecule is Cc1cc(NS(=O)(=O)c2cccc(C(=O)NCc3ccccc3C)c2)no1. The second-order valence-corrected chi connectivity index (χ2v) is 7.75. The molecule has 2 N–H and O–H groups in total. The van der Waals surface area contributed by atoms with Gasteiger partial charge in [0.1, 0.15) is 5.76 Å². The number of aryl methyl sites for hydroxylation is 2. The minimum absolute atomic E-state index is 0.0355. The molecule has 0 aliphatic heterocycles. The number of hydrogen-bond acceptors (Lipinski definition) is 5. The van der Waals surface area contributed by atoms with E-state index in [-0.39, 0.29) is 22.2 Å². The van der Waals surface area contributed by atoms with Gasteiger partial charge in [-0.05, 0) is 43.2 Å². The molecule has 0 aliphatic rings. The first kappa shape index (κ1) is 18.7. The molecule has 140 valence electrons. The molecule has 0 saturated heterocycles. The van der Waals surface area contributed by atoms with E-state index in [1.807, 2.05) is 31.2 Å². The summed E-state index contributed by atoms with van der Waals surface area (Å²) in [6.45, 7) is 3.98. The molecule has 0 saturated carbocycles. The minimum atomic E-state index is -3.88. The molecule has 1 aromatic heterocycles. The third-order valence-corrected chi connectivity index (χ3v) is 5.33. The Kier molecular flexibility index (Phi) is 5.27. The van der Waals surface area contributed by atoms with E-state index in [4.69, 9.17) is 4.52 Å². The predicted octanol–water partition coefficient (Wildman–Crippen LogP) is 3.02. The van der Waals surface area contributed by atoms with Gasteiger partial charge >= 0.3 is 0 Å². The molecular weight excluding hydrogens is 366 g/mol. The fourth-order valence-electron chi connectivity index (χ4n) is 2.50. The average molecular weight is 385 g/mol. The molecule has 2 aromatic carbocycles. The molecule has 27 heavy (non-hydrogen) atoms. The van der Waals surface area contributed by atoms with Crippen molar-refractivity contribution in [3.63, 3.8) is 0 Å². The van der Waals surface area contributed by atoms with Crippen LogP contribution >= 0.6 is 0 Å². The summed E-state index contributed by atoms with van der Waals surface area (Å²) >= 11 is 0. The van der Waals surface area contributed by atoms with Crippen molar-refractivity contribution < 1.29 is 17.7 Å². The Bertz CT molecular complexity index is 1070. The molecule has 0 aliphatic carbocycles.